The summed E-state index contributed by atoms with van der Waals surface area (Å²) in [7, 11) is -3.25. The largest absolute Gasteiger partial charge is 0.338 e. The van der Waals surface area contributed by atoms with Crippen molar-refractivity contribution < 1.29 is 13.2 Å². The summed E-state index contributed by atoms with van der Waals surface area (Å²) in [6.45, 7) is 4.16. The van der Waals surface area contributed by atoms with Gasteiger partial charge in [0.1, 0.15) is 5.25 Å². The first-order chi connectivity index (χ1) is 7.90. The number of alkyl halides is 1. The van der Waals surface area contributed by atoms with E-state index in [1.807, 2.05) is 13.8 Å². The number of halogens is 1. The van der Waals surface area contributed by atoms with Gasteiger partial charge in [-0.3, -0.25) is 4.79 Å². The monoisotopic (exact) mass is 281 g/mol. The smallest absolute Gasteiger partial charge is 0.241 e. The van der Waals surface area contributed by atoms with E-state index in [4.69, 9.17) is 11.6 Å². The summed E-state index contributed by atoms with van der Waals surface area (Å²) in [4.78, 5) is 13.8. The summed E-state index contributed by atoms with van der Waals surface area (Å²) >= 11 is 5.65. The Morgan fingerprint density at radius 1 is 1.41 bits per heavy atom. The second-order valence-corrected chi connectivity index (χ2v) is 7.35. The van der Waals surface area contributed by atoms with E-state index in [0.29, 0.717) is 25.3 Å². The Morgan fingerprint density at radius 2 is 2.06 bits per heavy atom. The maximum absolute atomic E-state index is 12.2. The Kier molecular flexibility index (Phi) is 5.25. The highest BCUT2D eigenvalue weighted by Crippen LogP contribution is 2.22. The molecule has 0 spiro atoms. The number of carbonyl (C=O) groups excluding carboxylic acids is 1. The minimum atomic E-state index is -3.25. The molecule has 6 heteroatoms. The second kappa shape index (κ2) is 6.05. The zero-order valence-electron chi connectivity index (χ0n) is 10.4. The lowest BCUT2D eigenvalue weighted by atomic mass is 10.1. The summed E-state index contributed by atoms with van der Waals surface area (Å²) < 4.78 is 23.7. The number of nitrogens with zero attached hydrogens (tertiary/aromatic N) is 1. The van der Waals surface area contributed by atoms with Crippen LogP contribution in [0.25, 0.3) is 0 Å². The van der Waals surface area contributed by atoms with Gasteiger partial charge in [-0.2, -0.15) is 0 Å². The van der Waals surface area contributed by atoms with E-state index >= 15 is 0 Å². The molecule has 0 aromatic heterocycles. The predicted octanol–water partition coefficient (Wildman–Crippen LogP) is 1.43. The lowest BCUT2D eigenvalue weighted by Crippen LogP contribution is -2.48. The van der Waals surface area contributed by atoms with Crippen LogP contribution in [0.3, 0.4) is 0 Å². The van der Waals surface area contributed by atoms with Crippen LogP contribution in [-0.4, -0.2) is 48.7 Å². The van der Waals surface area contributed by atoms with Gasteiger partial charge in [0.05, 0.1) is 5.75 Å². The summed E-state index contributed by atoms with van der Waals surface area (Å²) in [6, 6.07) is -0.0154. The molecule has 1 aliphatic rings. The molecule has 4 nitrogen and oxygen atoms in total. The van der Waals surface area contributed by atoms with Crippen LogP contribution in [0.1, 0.15) is 33.1 Å². The van der Waals surface area contributed by atoms with Crippen LogP contribution in [0.5, 0.6) is 0 Å². The Hall–Kier alpha value is -0.290. The number of carbonyl (C=O) groups is 1. The van der Waals surface area contributed by atoms with Crippen molar-refractivity contribution >= 4 is 27.3 Å². The molecule has 1 saturated heterocycles. The lowest BCUT2D eigenvalue weighted by molar-refractivity contribution is -0.132. The normalized spacial score (nSPS) is 23.6. The van der Waals surface area contributed by atoms with Crippen molar-refractivity contribution in [3.63, 3.8) is 0 Å². The van der Waals surface area contributed by atoms with Crippen molar-refractivity contribution in [2.75, 3.05) is 18.2 Å². The van der Waals surface area contributed by atoms with Crippen molar-refractivity contribution in [3.8, 4) is 0 Å². The Morgan fingerprint density at radius 3 is 2.53 bits per heavy atom. The van der Waals surface area contributed by atoms with Gasteiger partial charge in [0.25, 0.3) is 0 Å². The highest BCUT2D eigenvalue weighted by atomic mass is 35.5. The van der Waals surface area contributed by atoms with Gasteiger partial charge in [-0.15, -0.1) is 11.6 Å². The van der Waals surface area contributed by atoms with Crippen molar-refractivity contribution in [3.05, 3.63) is 0 Å². The first-order valence-electron chi connectivity index (χ1n) is 5.98. The van der Waals surface area contributed by atoms with E-state index in [9.17, 15) is 13.2 Å². The van der Waals surface area contributed by atoms with Crippen LogP contribution in [0, 0.1) is 0 Å². The number of amides is 1. The maximum atomic E-state index is 12.2. The van der Waals surface area contributed by atoms with E-state index in [0.717, 1.165) is 6.42 Å². The van der Waals surface area contributed by atoms with Crippen LogP contribution >= 0.6 is 11.6 Å². The Labute approximate surface area is 108 Å². The van der Waals surface area contributed by atoms with Crippen LogP contribution in [0.15, 0.2) is 0 Å². The van der Waals surface area contributed by atoms with Gasteiger partial charge in [-0.05, 0) is 26.7 Å². The first kappa shape index (κ1) is 14.8. The molecule has 17 heavy (non-hydrogen) atoms. The van der Waals surface area contributed by atoms with E-state index in [-0.39, 0.29) is 17.7 Å². The van der Waals surface area contributed by atoms with Gasteiger partial charge in [-0.1, -0.05) is 6.42 Å². The SMILES string of the molecule is CC(C)N(CCCl)C(=O)C1CCCCS1(=O)=O. The molecule has 0 aromatic carbocycles. The zero-order valence-corrected chi connectivity index (χ0v) is 11.9. The van der Waals surface area contributed by atoms with E-state index in [1.54, 1.807) is 4.90 Å². The average Bonchev–Trinajstić information content (AvgIpc) is 2.24. The summed E-state index contributed by atoms with van der Waals surface area (Å²) in [5, 5.41) is -0.845. The molecule has 0 aliphatic carbocycles. The van der Waals surface area contributed by atoms with E-state index in [2.05, 4.69) is 0 Å². The minimum absolute atomic E-state index is 0.0154. The summed E-state index contributed by atoms with van der Waals surface area (Å²) in [5.74, 6) is 0.188. The molecule has 1 atom stereocenters. The average molecular weight is 282 g/mol. The molecule has 1 aliphatic heterocycles. The molecule has 0 aromatic rings. The van der Waals surface area contributed by atoms with Crippen molar-refractivity contribution in [2.45, 2.75) is 44.4 Å². The molecule has 0 saturated carbocycles. The van der Waals surface area contributed by atoms with Gasteiger partial charge >= 0.3 is 0 Å². The van der Waals surface area contributed by atoms with Crippen LogP contribution in [-0.2, 0) is 14.6 Å². The number of sulfone groups is 1. The highest BCUT2D eigenvalue weighted by Gasteiger charge is 2.37. The van der Waals surface area contributed by atoms with Gasteiger partial charge < -0.3 is 4.90 Å². The molecular formula is C11H20ClNO3S. The molecule has 0 bridgehead atoms. The van der Waals surface area contributed by atoms with Gasteiger partial charge in [0, 0.05) is 18.5 Å². The number of rotatable bonds is 4. The molecule has 1 fully saturated rings. The molecule has 100 valence electrons. The highest BCUT2D eigenvalue weighted by molar-refractivity contribution is 7.92. The molecular weight excluding hydrogens is 262 g/mol. The first-order valence-corrected chi connectivity index (χ1v) is 8.23. The van der Waals surface area contributed by atoms with Crippen LogP contribution in [0.4, 0.5) is 0 Å². The molecule has 0 radical (unpaired) electrons. The molecule has 1 unspecified atom stereocenters. The predicted molar refractivity (Wildman–Crippen MR) is 69.0 cm³/mol. The Balaban J connectivity index is 2.86. The fraction of sp³-hybridized carbons (Fsp3) is 0.909. The van der Waals surface area contributed by atoms with Crippen LogP contribution in [0.2, 0.25) is 0 Å². The third-order valence-electron chi connectivity index (χ3n) is 3.09. The quantitative estimate of drug-likeness (QED) is 0.733. The third kappa shape index (κ3) is 3.58. The fourth-order valence-electron chi connectivity index (χ4n) is 2.13. The van der Waals surface area contributed by atoms with E-state index in [1.165, 1.54) is 0 Å². The molecule has 1 heterocycles. The minimum Gasteiger partial charge on any atom is -0.338 e. The fourth-order valence-corrected chi connectivity index (χ4v) is 4.17. The summed E-state index contributed by atoms with van der Waals surface area (Å²) in [6.07, 6.45) is 1.93. The van der Waals surface area contributed by atoms with Crippen molar-refractivity contribution in [2.24, 2.45) is 0 Å². The lowest BCUT2D eigenvalue weighted by Gasteiger charge is -2.31. The Bertz CT molecular complexity index is 367. The molecule has 0 N–H and O–H groups in total. The summed E-state index contributed by atoms with van der Waals surface area (Å²) in [5.41, 5.74) is 0. The van der Waals surface area contributed by atoms with Crippen LogP contribution < -0.4 is 0 Å². The number of hydrogen-bond donors (Lipinski definition) is 0. The third-order valence-corrected chi connectivity index (χ3v) is 5.42. The van der Waals surface area contributed by atoms with E-state index < -0.39 is 15.1 Å². The second-order valence-electron chi connectivity index (χ2n) is 4.67. The van der Waals surface area contributed by atoms with Crippen molar-refractivity contribution in [1.29, 1.82) is 0 Å². The standard InChI is InChI=1S/C11H20ClNO3S/c1-9(2)13(7-6-12)11(14)10-5-3-4-8-17(10,15)16/h9-10H,3-8H2,1-2H3. The van der Waals surface area contributed by atoms with Crippen molar-refractivity contribution in [1.82, 2.24) is 4.90 Å². The molecule has 1 amide bonds. The molecule has 1 rings (SSSR count). The van der Waals surface area contributed by atoms with Gasteiger partial charge in [0.15, 0.2) is 9.84 Å². The zero-order chi connectivity index (χ0) is 13.1. The topological polar surface area (TPSA) is 54.5 Å². The van der Waals surface area contributed by atoms with Gasteiger partial charge in [0.2, 0.25) is 5.91 Å². The van der Waals surface area contributed by atoms with Gasteiger partial charge in [-0.25, -0.2) is 8.42 Å². The maximum Gasteiger partial charge on any atom is 0.241 e. The number of hydrogen-bond acceptors (Lipinski definition) is 3.